The molecule has 1 aromatic heterocycles. The van der Waals surface area contributed by atoms with Gasteiger partial charge in [0.1, 0.15) is 5.82 Å². The highest BCUT2D eigenvalue weighted by Crippen LogP contribution is 2.14. The van der Waals surface area contributed by atoms with Gasteiger partial charge in [-0.3, -0.25) is 4.79 Å². The van der Waals surface area contributed by atoms with E-state index >= 15 is 0 Å². The van der Waals surface area contributed by atoms with Crippen molar-refractivity contribution in [2.24, 2.45) is 5.92 Å². The van der Waals surface area contributed by atoms with Crippen LogP contribution in [-0.2, 0) is 17.8 Å². The van der Waals surface area contributed by atoms with Crippen LogP contribution < -0.4 is 10.6 Å². The fourth-order valence-electron chi connectivity index (χ4n) is 2.80. The van der Waals surface area contributed by atoms with Crippen LogP contribution in [-0.4, -0.2) is 28.8 Å². The summed E-state index contributed by atoms with van der Waals surface area (Å²) in [5, 5.41) is 10.6. The third kappa shape index (κ3) is 3.74. The number of nitrogens with zero attached hydrogens (tertiary/aromatic N) is 2. The first-order chi connectivity index (χ1) is 10.8. The van der Waals surface area contributed by atoms with E-state index in [9.17, 15) is 4.79 Å². The Morgan fingerprint density at radius 1 is 1.32 bits per heavy atom. The van der Waals surface area contributed by atoms with Gasteiger partial charge in [-0.1, -0.05) is 30.3 Å². The topological polar surface area (TPSA) is 59.0 Å². The molecule has 2 N–H and O–H groups in total. The summed E-state index contributed by atoms with van der Waals surface area (Å²) in [4.78, 5) is 12.3. The van der Waals surface area contributed by atoms with Gasteiger partial charge in [-0.2, -0.15) is 5.10 Å². The van der Waals surface area contributed by atoms with E-state index in [0.29, 0.717) is 0 Å². The lowest BCUT2D eigenvalue weighted by molar-refractivity contribution is -0.120. The average molecular weight is 298 g/mol. The maximum Gasteiger partial charge on any atom is 0.229 e. The van der Waals surface area contributed by atoms with Crippen LogP contribution in [0.1, 0.15) is 18.4 Å². The van der Waals surface area contributed by atoms with Crippen molar-refractivity contribution in [1.29, 1.82) is 0 Å². The minimum Gasteiger partial charge on any atom is -0.316 e. The largest absolute Gasteiger partial charge is 0.316 e. The van der Waals surface area contributed by atoms with Crippen LogP contribution in [0.15, 0.2) is 42.6 Å². The zero-order valence-corrected chi connectivity index (χ0v) is 12.7. The van der Waals surface area contributed by atoms with Gasteiger partial charge in [0.2, 0.25) is 5.91 Å². The van der Waals surface area contributed by atoms with Gasteiger partial charge in [0.25, 0.3) is 0 Å². The molecule has 1 aromatic carbocycles. The number of hydrogen-bond donors (Lipinski definition) is 2. The number of carbonyl (C=O) groups is 1. The Morgan fingerprint density at radius 2 is 2.18 bits per heavy atom. The highest BCUT2D eigenvalue weighted by molar-refractivity contribution is 5.91. The van der Waals surface area contributed by atoms with Crippen molar-refractivity contribution in [2.75, 3.05) is 18.4 Å². The summed E-state index contributed by atoms with van der Waals surface area (Å²) in [6.45, 7) is 2.54. The number of aryl methyl sites for hydroxylation is 2. The van der Waals surface area contributed by atoms with Gasteiger partial charge in [0, 0.05) is 19.2 Å². The van der Waals surface area contributed by atoms with Crippen molar-refractivity contribution in [3.05, 3.63) is 48.2 Å². The van der Waals surface area contributed by atoms with Gasteiger partial charge in [0.05, 0.1) is 12.1 Å². The van der Waals surface area contributed by atoms with E-state index in [1.165, 1.54) is 5.56 Å². The third-order valence-corrected chi connectivity index (χ3v) is 4.09. The summed E-state index contributed by atoms with van der Waals surface area (Å²) >= 11 is 0. The van der Waals surface area contributed by atoms with Crippen molar-refractivity contribution in [3.8, 4) is 0 Å². The van der Waals surface area contributed by atoms with Gasteiger partial charge in [-0.05, 0) is 31.4 Å². The Kier molecular flexibility index (Phi) is 4.85. The van der Waals surface area contributed by atoms with E-state index in [2.05, 4.69) is 27.9 Å². The predicted octanol–water partition coefficient (Wildman–Crippen LogP) is 2.06. The molecule has 1 saturated heterocycles. The molecule has 22 heavy (non-hydrogen) atoms. The van der Waals surface area contributed by atoms with Crippen LogP contribution in [0.2, 0.25) is 0 Å². The minimum atomic E-state index is 0.0613. The standard InChI is InChI=1S/C17H22N4O/c22-17(15-7-4-10-18-13-15)20-16-8-11-19-21(16)12-9-14-5-2-1-3-6-14/h1-3,5-6,8,11,15,18H,4,7,9-10,12-13H2,(H,20,22). The lowest BCUT2D eigenvalue weighted by Crippen LogP contribution is -2.37. The smallest absolute Gasteiger partial charge is 0.229 e. The van der Waals surface area contributed by atoms with Crippen molar-refractivity contribution in [3.63, 3.8) is 0 Å². The zero-order valence-electron chi connectivity index (χ0n) is 12.7. The Labute approximate surface area is 130 Å². The van der Waals surface area contributed by atoms with Crippen LogP contribution >= 0.6 is 0 Å². The Bertz CT molecular complexity index is 602. The van der Waals surface area contributed by atoms with E-state index < -0.39 is 0 Å². The Hall–Kier alpha value is -2.14. The number of nitrogens with one attached hydrogen (secondary N) is 2. The van der Waals surface area contributed by atoms with Gasteiger partial charge < -0.3 is 10.6 Å². The minimum absolute atomic E-state index is 0.0613. The summed E-state index contributed by atoms with van der Waals surface area (Å²) in [6, 6.07) is 12.2. The molecular weight excluding hydrogens is 276 g/mol. The maximum atomic E-state index is 12.3. The summed E-state index contributed by atoms with van der Waals surface area (Å²) in [5.41, 5.74) is 1.27. The summed E-state index contributed by atoms with van der Waals surface area (Å²) in [6.07, 6.45) is 4.65. The molecule has 0 saturated carbocycles. The number of benzene rings is 1. The van der Waals surface area contributed by atoms with Crippen molar-refractivity contribution in [1.82, 2.24) is 15.1 Å². The number of anilines is 1. The van der Waals surface area contributed by atoms with Crippen LogP contribution in [0, 0.1) is 5.92 Å². The highest BCUT2D eigenvalue weighted by atomic mass is 16.2. The lowest BCUT2D eigenvalue weighted by Gasteiger charge is -2.22. The van der Waals surface area contributed by atoms with E-state index in [-0.39, 0.29) is 11.8 Å². The molecule has 5 nitrogen and oxygen atoms in total. The number of aromatic nitrogens is 2. The van der Waals surface area contributed by atoms with E-state index in [1.807, 2.05) is 28.9 Å². The molecule has 3 rings (SSSR count). The first-order valence-corrected chi connectivity index (χ1v) is 7.90. The fourth-order valence-corrected chi connectivity index (χ4v) is 2.80. The van der Waals surface area contributed by atoms with Crippen molar-refractivity contribution >= 4 is 11.7 Å². The summed E-state index contributed by atoms with van der Waals surface area (Å²) in [5.74, 6) is 0.936. The molecule has 0 spiro atoms. The molecule has 0 bridgehead atoms. The van der Waals surface area contributed by atoms with Crippen molar-refractivity contribution < 1.29 is 4.79 Å². The summed E-state index contributed by atoms with van der Waals surface area (Å²) in [7, 11) is 0. The second-order valence-electron chi connectivity index (χ2n) is 5.71. The molecule has 1 atom stereocenters. The van der Waals surface area contributed by atoms with Crippen LogP contribution in [0.3, 0.4) is 0 Å². The molecule has 5 heteroatoms. The molecule has 1 aliphatic heterocycles. The Morgan fingerprint density at radius 3 is 2.95 bits per heavy atom. The SMILES string of the molecule is O=C(Nc1ccnn1CCc1ccccc1)C1CCCNC1. The monoisotopic (exact) mass is 298 g/mol. The molecule has 0 radical (unpaired) electrons. The van der Waals surface area contributed by atoms with Crippen LogP contribution in [0.5, 0.6) is 0 Å². The molecule has 0 aliphatic carbocycles. The third-order valence-electron chi connectivity index (χ3n) is 4.09. The zero-order chi connectivity index (χ0) is 15.2. The van der Waals surface area contributed by atoms with Crippen molar-refractivity contribution in [2.45, 2.75) is 25.8 Å². The van der Waals surface area contributed by atoms with E-state index in [4.69, 9.17) is 0 Å². The maximum absolute atomic E-state index is 12.3. The fraction of sp³-hybridized carbons (Fsp3) is 0.412. The molecule has 1 fully saturated rings. The van der Waals surface area contributed by atoms with Gasteiger partial charge in [-0.25, -0.2) is 4.68 Å². The first kappa shape index (κ1) is 14.8. The molecular formula is C17H22N4O. The number of amides is 1. The van der Waals surface area contributed by atoms with Gasteiger partial charge in [-0.15, -0.1) is 0 Å². The van der Waals surface area contributed by atoms with E-state index in [0.717, 1.165) is 44.7 Å². The second-order valence-corrected chi connectivity index (χ2v) is 5.71. The molecule has 2 heterocycles. The summed E-state index contributed by atoms with van der Waals surface area (Å²) < 4.78 is 1.86. The number of piperidine rings is 1. The second kappa shape index (κ2) is 7.22. The Balaban J connectivity index is 1.58. The van der Waals surface area contributed by atoms with Gasteiger partial charge in [0.15, 0.2) is 0 Å². The highest BCUT2D eigenvalue weighted by Gasteiger charge is 2.21. The average Bonchev–Trinajstić information content (AvgIpc) is 3.02. The van der Waals surface area contributed by atoms with Crippen LogP contribution in [0.25, 0.3) is 0 Å². The molecule has 1 amide bonds. The predicted molar refractivity (Wildman–Crippen MR) is 86.6 cm³/mol. The van der Waals surface area contributed by atoms with E-state index in [1.54, 1.807) is 6.20 Å². The van der Waals surface area contributed by atoms with Gasteiger partial charge >= 0.3 is 0 Å². The number of hydrogen-bond acceptors (Lipinski definition) is 3. The number of carbonyl (C=O) groups excluding carboxylic acids is 1. The molecule has 1 aliphatic rings. The molecule has 2 aromatic rings. The molecule has 116 valence electrons. The normalized spacial score (nSPS) is 18.1. The van der Waals surface area contributed by atoms with Crippen LogP contribution in [0.4, 0.5) is 5.82 Å². The quantitative estimate of drug-likeness (QED) is 0.888. The number of rotatable bonds is 5. The molecule has 1 unspecified atom stereocenters. The lowest BCUT2D eigenvalue weighted by atomic mass is 9.99. The first-order valence-electron chi connectivity index (χ1n) is 7.90.